The van der Waals surface area contributed by atoms with Gasteiger partial charge in [-0.15, -0.1) is 0 Å². The lowest BCUT2D eigenvalue weighted by atomic mass is 10.0. The molecular formula is C15H11BrN2O2. The van der Waals surface area contributed by atoms with Gasteiger partial charge in [-0.25, -0.2) is 4.79 Å². The topological polar surface area (TPSA) is 51.5 Å². The summed E-state index contributed by atoms with van der Waals surface area (Å²) in [6.07, 6.45) is 1.71. The molecule has 20 heavy (non-hydrogen) atoms. The van der Waals surface area contributed by atoms with Crippen molar-refractivity contribution in [2.75, 3.05) is 7.11 Å². The minimum Gasteiger partial charge on any atom is -0.464 e. The summed E-state index contributed by atoms with van der Waals surface area (Å²) in [6.45, 7) is 0. The van der Waals surface area contributed by atoms with Gasteiger partial charge < -0.3 is 4.74 Å². The third kappa shape index (κ3) is 2.14. The molecule has 0 amide bonds. The number of carbonyl (C=O) groups is 1. The van der Waals surface area contributed by atoms with E-state index in [9.17, 15) is 4.79 Å². The summed E-state index contributed by atoms with van der Waals surface area (Å²) in [5.41, 5.74) is 2.84. The first-order valence-electron chi connectivity index (χ1n) is 6.07. The number of nitrogens with zero attached hydrogens (tertiary/aromatic N) is 2. The van der Waals surface area contributed by atoms with E-state index in [4.69, 9.17) is 4.74 Å². The number of hydrogen-bond donors (Lipinski definition) is 0. The van der Waals surface area contributed by atoms with E-state index in [0.29, 0.717) is 5.71 Å². The van der Waals surface area contributed by atoms with E-state index in [2.05, 4.69) is 25.9 Å². The van der Waals surface area contributed by atoms with Gasteiger partial charge in [0.15, 0.2) is 5.71 Å². The normalized spacial score (nSPS) is 16.5. The van der Waals surface area contributed by atoms with E-state index in [1.165, 1.54) is 7.11 Å². The average Bonchev–Trinajstić information content (AvgIpc) is 2.86. The second-order valence-electron chi connectivity index (χ2n) is 4.36. The molecule has 2 heterocycles. The lowest BCUT2D eigenvalue weighted by Crippen LogP contribution is -2.15. The standard InChI is InChI=1S/C15H11BrN2O2/c1-20-15(19)14-11-6-3-7-17-13(11)12(18-14)9-4-2-5-10(16)8-9/h2-8,12H,1H3. The summed E-state index contributed by atoms with van der Waals surface area (Å²) in [5, 5.41) is 0. The Balaban J connectivity index is 2.13. The molecule has 0 radical (unpaired) electrons. The summed E-state index contributed by atoms with van der Waals surface area (Å²) < 4.78 is 5.76. The molecule has 2 aromatic rings. The number of aliphatic imine (C=N–C) groups is 1. The molecule has 0 aliphatic carbocycles. The molecule has 0 spiro atoms. The fraction of sp³-hybridized carbons (Fsp3) is 0.133. The van der Waals surface area contributed by atoms with Crippen LogP contribution in [0.2, 0.25) is 0 Å². The van der Waals surface area contributed by atoms with Crippen LogP contribution in [0, 0.1) is 0 Å². The highest BCUT2D eigenvalue weighted by atomic mass is 79.9. The van der Waals surface area contributed by atoms with Crippen molar-refractivity contribution in [3.63, 3.8) is 0 Å². The van der Waals surface area contributed by atoms with Crippen LogP contribution in [0.1, 0.15) is 22.9 Å². The first kappa shape index (κ1) is 13.0. The predicted octanol–water partition coefficient (Wildman–Crippen LogP) is 2.91. The molecule has 5 heteroatoms. The Hall–Kier alpha value is -2.01. The fourth-order valence-electron chi connectivity index (χ4n) is 2.26. The Morgan fingerprint density at radius 2 is 2.15 bits per heavy atom. The van der Waals surface area contributed by atoms with Gasteiger partial charge in [-0.05, 0) is 29.8 Å². The van der Waals surface area contributed by atoms with Crippen molar-refractivity contribution in [1.29, 1.82) is 0 Å². The summed E-state index contributed by atoms with van der Waals surface area (Å²) >= 11 is 3.45. The van der Waals surface area contributed by atoms with Gasteiger partial charge in [0, 0.05) is 16.2 Å². The second kappa shape index (κ2) is 5.17. The SMILES string of the molecule is COC(=O)C1=NC(c2cccc(Br)c2)c2ncccc21. The van der Waals surface area contributed by atoms with E-state index in [0.717, 1.165) is 21.3 Å². The largest absolute Gasteiger partial charge is 0.464 e. The quantitative estimate of drug-likeness (QED) is 0.795. The Bertz CT molecular complexity index is 713. The molecule has 0 saturated carbocycles. The minimum atomic E-state index is -0.434. The molecule has 0 fully saturated rings. The maximum Gasteiger partial charge on any atom is 0.356 e. The second-order valence-corrected chi connectivity index (χ2v) is 5.28. The lowest BCUT2D eigenvalue weighted by Gasteiger charge is -2.08. The highest BCUT2D eigenvalue weighted by molar-refractivity contribution is 9.10. The number of ether oxygens (including phenoxy) is 1. The van der Waals surface area contributed by atoms with Crippen LogP contribution >= 0.6 is 15.9 Å². The van der Waals surface area contributed by atoms with Crippen molar-refractivity contribution in [3.8, 4) is 0 Å². The molecule has 0 bridgehead atoms. The summed E-state index contributed by atoms with van der Waals surface area (Å²) in [5.74, 6) is -0.434. The summed E-state index contributed by atoms with van der Waals surface area (Å²) in [4.78, 5) is 20.7. The third-order valence-corrected chi connectivity index (χ3v) is 3.65. The first-order valence-corrected chi connectivity index (χ1v) is 6.87. The van der Waals surface area contributed by atoms with E-state index in [1.54, 1.807) is 12.3 Å². The van der Waals surface area contributed by atoms with Gasteiger partial charge in [0.1, 0.15) is 6.04 Å². The van der Waals surface area contributed by atoms with Gasteiger partial charge in [-0.1, -0.05) is 28.1 Å². The van der Waals surface area contributed by atoms with Crippen molar-refractivity contribution >= 4 is 27.6 Å². The van der Waals surface area contributed by atoms with Crippen LogP contribution in [0.15, 0.2) is 52.1 Å². The maximum atomic E-state index is 11.8. The van der Waals surface area contributed by atoms with E-state index >= 15 is 0 Å². The van der Waals surface area contributed by atoms with Crippen molar-refractivity contribution in [3.05, 3.63) is 63.9 Å². The zero-order valence-corrected chi connectivity index (χ0v) is 12.3. The van der Waals surface area contributed by atoms with Crippen LogP contribution in [-0.2, 0) is 9.53 Å². The number of pyridine rings is 1. The molecule has 0 saturated heterocycles. The Morgan fingerprint density at radius 1 is 1.30 bits per heavy atom. The molecule has 4 nitrogen and oxygen atoms in total. The fourth-order valence-corrected chi connectivity index (χ4v) is 2.68. The zero-order valence-electron chi connectivity index (χ0n) is 10.7. The molecule has 3 rings (SSSR count). The number of methoxy groups -OCH3 is 1. The van der Waals surface area contributed by atoms with Crippen LogP contribution in [0.5, 0.6) is 0 Å². The number of aromatic nitrogens is 1. The van der Waals surface area contributed by atoms with Crippen molar-refractivity contribution in [1.82, 2.24) is 4.98 Å². The summed E-state index contributed by atoms with van der Waals surface area (Å²) in [6, 6.07) is 11.2. The van der Waals surface area contributed by atoms with Crippen molar-refractivity contribution < 1.29 is 9.53 Å². The molecule has 100 valence electrons. The molecule has 1 aromatic heterocycles. The van der Waals surface area contributed by atoms with Gasteiger partial charge in [0.05, 0.1) is 12.8 Å². The first-order chi connectivity index (χ1) is 9.70. The van der Waals surface area contributed by atoms with Crippen molar-refractivity contribution in [2.24, 2.45) is 4.99 Å². The van der Waals surface area contributed by atoms with E-state index < -0.39 is 5.97 Å². The maximum absolute atomic E-state index is 11.8. The minimum absolute atomic E-state index is 0.266. The highest BCUT2D eigenvalue weighted by Crippen LogP contribution is 2.34. The number of carbonyl (C=O) groups excluding carboxylic acids is 1. The van der Waals surface area contributed by atoms with Gasteiger partial charge in [-0.2, -0.15) is 0 Å². The molecular weight excluding hydrogens is 320 g/mol. The molecule has 1 aliphatic heterocycles. The van der Waals surface area contributed by atoms with Gasteiger partial charge in [0.2, 0.25) is 0 Å². The third-order valence-electron chi connectivity index (χ3n) is 3.15. The summed E-state index contributed by atoms with van der Waals surface area (Å²) in [7, 11) is 1.35. The lowest BCUT2D eigenvalue weighted by molar-refractivity contribution is -0.132. The zero-order chi connectivity index (χ0) is 14.1. The Morgan fingerprint density at radius 3 is 2.90 bits per heavy atom. The Labute approximate surface area is 124 Å². The van der Waals surface area contributed by atoms with Gasteiger partial charge in [0.25, 0.3) is 0 Å². The number of halogens is 1. The molecule has 0 N–H and O–H groups in total. The number of benzene rings is 1. The van der Waals surface area contributed by atoms with Gasteiger partial charge >= 0.3 is 5.97 Å². The Kier molecular flexibility index (Phi) is 3.36. The highest BCUT2D eigenvalue weighted by Gasteiger charge is 2.31. The number of rotatable bonds is 2. The average molecular weight is 331 g/mol. The monoisotopic (exact) mass is 330 g/mol. The molecule has 1 atom stereocenters. The molecule has 1 aliphatic rings. The van der Waals surface area contributed by atoms with Crippen LogP contribution in [0.25, 0.3) is 0 Å². The van der Waals surface area contributed by atoms with E-state index in [-0.39, 0.29) is 6.04 Å². The molecule has 1 unspecified atom stereocenters. The van der Waals surface area contributed by atoms with Crippen LogP contribution in [0.3, 0.4) is 0 Å². The molecule has 1 aromatic carbocycles. The van der Waals surface area contributed by atoms with Gasteiger partial charge in [-0.3, -0.25) is 9.98 Å². The smallest absolute Gasteiger partial charge is 0.356 e. The van der Waals surface area contributed by atoms with Crippen LogP contribution in [-0.4, -0.2) is 23.8 Å². The van der Waals surface area contributed by atoms with Crippen LogP contribution < -0.4 is 0 Å². The number of esters is 1. The number of fused-ring (bicyclic) bond motifs is 1. The predicted molar refractivity (Wildman–Crippen MR) is 78.8 cm³/mol. The van der Waals surface area contributed by atoms with Crippen molar-refractivity contribution in [2.45, 2.75) is 6.04 Å². The van der Waals surface area contributed by atoms with Crippen LogP contribution in [0.4, 0.5) is 0 Å². The number of hydrogen-bond acceptors (Lipinski definition) is 4. The van der Waals surface area contributed by atoms with E-state index in [1.807, 2.05) is 30.3 Å².